The van der Waals surface area contributed by atoms with Gasteiger partial charge in [0.25, 0.3) is 0 Å². The van der Waals surface area contributed by atoms with Crippen LogP contribution in [0.5, 0.6) is 5.75 Å². The average molecular weight is 321 g/mol. The van der Waals surface area contributed by atoms with E-state index in [4.69, 9.17) is 9.15 Å². The highest BCUT2D eigenvalue weighted by Gasteiger charge is 2.22. The molecule has 2 aromatic carbocycles. The molecular formula is C20H19NO3. The highest BCUT2D eigenvalue weighted by molar-refractivity contribution is 5.82. The van der Waals surface area contributed by atoms with E-state index in [2.05, 4.69) is 17.0 Å². The van der Waals surface area contributed by atoms with Crippen LogP contribution in [0.2, 0.25) is 0 Å². The van der Waals surface area contributed by atoms with Gasteiger partial charge in [0, 0.05) is 31.1 Å². The molecule has 122 valence electrons. The first-order chi connectivity index (χ1) is 11.7. The van der Waals surface area contributed by atoms with Crippen molar-refractivity contribution >= 4 is 11.0 Å². The zero-order valence-electron chi connectivity index (χ0n) is 13.6. The Labute approximate surface area is 140 Å². The Hall–Kier alpha value is -2.59. The summed E-state index contributed by atoms with van der Waals surface area (Å²) in [5.41, 5.74) is 3.54. The number of nitrogens with zero attached hydrogens (tertiary/aromatic N) is 1. The summed E-state index contributed by atoms with van der Waals surface area (Å²) in [5.74, 6) is 0.701. The predicted molar refractivity (Wildman–Crippen MR) is 93.3 cm³/mol. The molecule has 0 amide bonds. The summed E-state index contributed by atoms with van der Waals surface area (Å²) < 4.78 is 10.8. The lowest BCUT2D eigenvalue weighted by Crippen LogP contribution is -2.33. The van der Waals surface area contributed by atoms with E-state index >= 15 is 0 Å². The normalized spacial score (nSPS) is 14.5. The number of hydrogen-bond acceptors (Lipinski definition) is 4. The summed E-state index contributed by atoms with van der Waals surface area (Å²) in [6.45, 7) is 2.42. The van der Waals surface area contributed by atoms with Crippen molar-refractivity contribution in [1.29, 1.82) is 0 Å². The third-order valence-electron chi connectivity index (χ3n) is 4.64. The van der Waals surface area contributed by atoms with E-state index in [0.29, 0.717) is 17.9 Å². The minimum Gasteiger partial charge on any atom is -0.497 e. The standard InChI is InChI=1S/C20H19NO3/c1-23-15-7-8-17-16-9-10-21(12-14-5-3-2-4-6-14)13-18(16)20(22)24-19(17)11-15/h2-8,11H,9-10,12-13H2,1H3. The third kappa shape index (κ3) is 2.69. The molecule has 0 saturated carbocycles. The van der Waals surface area contributed by atoms with Gasteiger partial charge in [0.1, 0.15) is 11.3 Å². The van der Waals surface area contributed by atoms with Crippen molar-refractivity contribution in [3.05, 3.63) is 75.6 Å². The van der Waals surface area contributed by atoms with Crippen molar-refractivity contribution in [2.24, 2.45) is 0 Å². The SMILES string of the molecule is COc1ccc2c3c(c(=O)oc2c1)CN(Cc1ccccc1)CC3. The first kappa shape index (κ1) is 15.0. The molecule has 0 atom stereocenters. The molecule has 3 aromatic rings. The smallest absolute Gasteiger partial charge is 0.341 e. The van der Waals surface area contributed by atoms with E-state index in [-0.39, 0.29) is 5.63 Å². The molecule has 4 heteroatoms. The van der Waals surface area contributed by atoms with Crippen LogP contribution in [0.4, 0.5) is 0 Å². The second-order valence-electron chi connectivity index (χ2n) is 6.15. The summed E-state index contributed by atoms with van der Waals surface area (Å²) in [4.78, 5) is 14.7. The Balaban J connectivity index is 1.69. The maximum absolute atomic E-state index is 12.4. The Bertz CT molecular complexity index is 931. The number of rotatable bonds is 3. The van der Waals surface area contributed by atoms with Gasteiger partial charge in [-0.05, 0) is 29.7 Å². The molecule has 4 nitrogen and oxygen atoms in total. The van der Waals surface area contributed by atoms with E-state index in [0.717, 1.165) is 36.0 Å². The first-order valence-electron chi connectivity index (χ1n) is 8.13. The summed E-state index contributed by atoms with van der Waals surface area (Å²) in [7, 11) is 1.61. The highest BCUT2D eigenvalue weighted by atomic mass is 16.5. The number of benzene rings is 2. The molecular weight excluding hydrogens is 302 g/mol. The van der Waals surface area contributed by atoms with Gasteiger partial charge in [0.05, 0.1) is 12.7 Å². The molecule has 0 unspecified atom stereocenters. The maximum atomic E-state index is 12.4. The second kappa shape index (κ2) is 6.13. The molecule has 1 aliphatic heterocycles. The van der Waals surface area contributed by atoms with Crippen LogP contribution in [-0.4, -0.2) is 18.6 Å². The van der Waals surface area contributed by atoms with Crippen molar-refractivity contribution in [2.75, 3.05) is 13.7 Å². The van der Waals surface area contributed by atoms with Gasteiger partial charge < -0.3 is 9.15 Å². The molecule has 0 spiro atoms. The lowest BCUT2D eigenvalue weighted by Gasteiger charge is -2.28. The molecule has 4 rings (SSSR count). The quantitative estimate of drug-likeness (QED) is 0.694. The molecule has 1 aliphatic rings. The fourth-order valence-electron chi connectivity index (χ4n) is 3.41. The molecule has 24 heavy (non-hydrogen) atoms. The first-order valence-corrected chi connectivity index (χ1v) is 8.13. The maximum Gasteiger partial charge on any atom is 0.341 e. The molecule has 0 aliphatic carbocycles. The summed E-state index contributed by atoms with van der Waals surface area (Å²) in [5, 5.41) is 1.02. The van der Waals surface area contributed by atoms with E-state index in [1.165, 1.54) is 5.56 Å². The van der Waals surface area contributed by atoms with Gasteiger partial charge in [0.2, 0.25) is 0 Å². The van der Waals surface area contributed by atoms with Crippen LogP contribution in [0.3, 0.4) is 0 Å². The Morgan fingerprint density at radius 3 is 2.75 bits per heavy atom. The van der Waals surface area contributed by atoms with Crippen LogP contribution < -0.4 is 10.4 Å². The van der Waals surface area contributed by atoms with Crippen LogP contribution in [-0.2, 0) is 19.5 Å². The van der Waals surface area contributed by atoms with Gasteiger partial charge in [-0.2, -0.15) is 0 Å². The predicted octanol–water partition coefficient (Wildman–Crippen LogP) is 3.36. The van der Waals surface area contributed by atoms with Crippen LogP contribution in [0, 0.1) is 0 Å². The monoisotopic (exact) mass is 321 g/mol. The van der Waals surface area contributed by atoms with Gasteiger partial charge in [0.15, 0.2) is 0 Å². The van der Waals surface area contributed by atoms with Crippen LogP contribution in [0.25, 0.3) is 11.0 Å². The van der Waals surface area contributed by atoms with Gasteiger partial charge >= 0.3 is 5.63 Å². The molecule has 0 N–H and O–H groups in total. The average Bonchev–Trinajstić information content (AvgIpc) is 2.62. The summed E-state index contributed by atoms with van der Waals surface area (Å²) in [6, 6.07) is 16.0. The second-order valence-corrected chi connectivity index (χ2v) is 6.15. The molecule has 2 heterocycles. The van der Waals surface area contributed by atoms with Crippen LogP contribution >= 0.6 is 0 Å². The lowest BCUT2D eigenvalue weighted by molar-refractivity contribution is 0.241. The van der Waals surface area contributed by atoms with Crippen molar-refractivity contribution < 1.29 is 9.15 Å². The van der Waals surface area contributed by atoms with Gasteiger partial charge in [-0.25, -0.2) is 4.79 Å². The van der Waals surface area contributed by atoms with E-state index in [9.17, 15) is 4.79 Å². The molecule has 0 bridgehead atoms. The molecule has 0 radical (unpaired) electrons. The molecule has 0 saturated heterocycles. The van der Waals surface area contributed by atoms with Gasteiger partial charge in [-0.15, -0.1) is 0 Å². The van der Waals surface area contributed by atoms with Crippen molar-refractivity contribution in [2.45, 2.75) is 19.5 Å². The lowest BCUT2D eigenvalue weighted by atomic mass is 9.97. The van der Waals surface area contributed by atoms with Crippen molar-refractivity contribution in [3.63, 3.8) is 0 Å². The number of ether oxygens (including phenoxy) is 1. The fraction of sp³-hybridized carbons (Fsp3) is 0.250. The Kier molecular flexibility index (Phi) is 3.82. The molecule has 0 fully saturated rings. The van der Waals surface area contributed by atoms with E-state index in [1.807, 2.05) is 30.3 Å². The van der Waals surface area contributed by atoms with E-state index < -0.39 is 0 Å². The minimum atomic E-state index is -0.233. The summed E-state index contributed by atoms with van der Waals surface area (Å²) in [6.07, 6.45) is 0.858. The van der Waals surface area contributed by atoms with Crippen molar-refractivity contribution in [1.82, 2.24) is 4.90 Å². The van der Waals surface area contributed by atoms with Gasteiger partial charge in [-0.3, -0.25) is 4.90 Å². The van der Waals surface area contributed by atoms with Gasteiger partial charge in [-0.1, -0.05) is 30.3 Å². The fourth-order valence-corrected chi connectivity index (χ4v) is 3.41. The Morgan fingerprint density at radius 1 is 1.12 bits per heavy atom. The Morgan fingerprint density at radius 2 is 1.96 bits per heavy atom. The third-order valence-corrected chi connectivity index (χ3v) is 4.64. The van der Waals surface area contributed by atoms with Crippen LogP contribution in [0.1, 0.15) is 16.7 Å². The summed E-state index contributed by atoms with van der Waals surface area (Å²) >= 11 is 0. The topological polar surface area (TPSA) is 42.7 Å². The number of fused-ring (bicyclic) bond motifs is 3. The van der Waals surface area contributed by atoms with E-state index in [1.54, 1.807) is 13.2 Å². The highest BCUT2D eigenvalue weighted by Crippen LogP contribution is 2.28. The largest absolute Gasteiger partial charge is 0.497 e. The zero-order chi connectivity index (χ0) is 16.5. The van der Waals surface area contributed by atoms with Crippen LogP contribution in [0.15, 0.2) is 57.7 Å². The molecule has 1 aromatic heterocycles. The number of hydrogen-bond donors (Lipinski definition) is 0. The van der Waals surface area contributed by atoms with Crippen molar-refractivity contribution in [3.8, 4) is 5.75 Å². The zero-order valence-corrected chi connectivity index (χ0v) is 13.6. The number of methoxy groups -OCH3 is 1. The minimum absolute atomic E-state index is 0.233.